The van der Waals surface area contributed by atoms with Crippen molar-refractivity contribution >= 4 is 5.96 Å². The molecule has 1 fully saturated rings. The molecule has 2 aromatic carbocycles. The molecular formula is C17H22N5O2+. The Bertz CT molecular complexity index is 684. The first kappa shape index (κ1) is 16.6. The van der Waals surface area contributed by atoms with Crippen LogP contribution >= 0.6 is 0 Å². The number of benzene rings is 2. The Hall–Kier alpha value is -2.29. The molecule has 1 atom stereocenters. The van der Waals surface area contributed by atoms with Gasteiger partial charge in [0.2, 0.25) is 0 Å². The lowest BCUT2D eigenvalue weighted by molar-refractivity contribution is -1.04. The summed E-state index contributed by atoms with van der Waals surface area (Å²) in [6.07, 6.45) is 0. The second-order valence-corrected chi connectivity index (χ2v) is 5.58. The molecule has 1 saturated heterocycles. The van der Waals surface area contributed by atoms with E-state index in [-0.39, 0.29) is 12.7 Å². The first-order valence-corrected chi connectivity index (χ1v) is 7.78. The van der Waals surface area contributed by atoms with Gasteiger partial charge in [-0.25, -0.2) is 4.99 Å². The number of hydrogen-bond donors (Lipinski definition) is 3. The topological polar surface area (TPSA) is 94.1 Å². The van der Waals surface area contributed by atoms with Gasteiger partial charge in [-0.2, -0.15) is 0 Å². The van der Waals surface area contributed by atoms with E-state index in [0.717, 1.165) is 5.56 Å². The molecule has 0 bridgehead atoms. The Morgan fingerprint density at radius 2 is 1.88 bits per heavy atom. The Kier molecular flexibility index (Phi) is 5.19. The largest absolute Gasteiger partial charge is 0.389 e. The van der Waals surface area contributed by atoms with Crippen LogP contribution in [0.4, 0.5) is 0 Å². The number of aliphatic imine (C=N–C) groups is 1. The van der Waals surface area contributed by atoms with E-state index in [4.69, 9.17) is 15.5 Å². The molecule has 1 heterocycles. The van der Waals surface area contributed by atoms with Crippen LogP contribution in [0.2, 0.25) is 0 Å². The molecule has 1 unspecified atom stereocenters. The molecule has 0 amide bonds. The predicted molar refractivity (Wildman–Crippen MR) is 90.2 cm³/mol. The van der Waals surface area contributed by atoms with Crippen molar-refractivity contribution in [2.75, 3.05) is 6.73 Å². The zero-order valence-corrected chi connectivity index (χ0v) is 13.6. The number of hydroxylamine groups is 2. The monoisotopic (exact) mass is 328 g/mol. The first-order chi connectivity index (χ1) is 11.7. The van der Waals surface area contributed by atoms with E-state index in [1.807, 2.05) is 61.5 Å². The second-order valence-electron chi connectivity index (χ2n) is 5.58. The van der Waals surface area contributed by atoms with Crippen LogP contribution in [0, 0.1) is 6.92 Å². The summed E-state index contributed by atoms with van der Waals surface area (Å²) >= 11 is 0. The lowest BCUT2D eigenvalue weighted by Crippen LogP contribution is -2.44. The number of hydrogen-bond acceptors (Lipinski definition) is 5. The van der Waals surface area contributed by atoms with Gasteiger partial charge < -0.3 is 5.73 Å². The molecule has 7 heteroatoms. The average molecular weight is 328 g/mol. The molecule has 24 heavy (non-hydrogen) atoms. The number of nitrogens with one attached hydrogen (secondary N) is 2. The van der Waals surface area contributed by atoms with E-state index < -0.39 is 4.92 Å². The fraction of sp³-hybridized carbons (Fsp3) is 0.235. The van der Waals surface area contributed by atoms with Crippen LogP contribution in [-0.2, 0) is 22.9 Å². The second kappa shape index (κ2) is 7.52. The summed E-state index contributed by atoms with van der Waals surface area (Å²) < 4.78 is 0. The molecule has 2 aromatic rings. The van der Waals surface area contributed by atoms with Crippen molar-refractivity contribution in [2.24, 2.45) is 10.7 Å². The van der Waals surface area contributed by atoms with Crippen LogP contribution in [-0.4, -0.2) is 17.6 Å². The number of quaternary nitrogens is 1. The van der Waals surface area contributed by atoms with E-state index in [2.05, 4.69) is 15.9 Å². The highest BCUT2D eigenvalue weighted by molar-refractivity contribution is 5.70. The summed E-state index contributed by atoms with van der Waals surface area (Å²) in [7, 11) is 0. The van der Waals surface area contributed by atoms with E-state index in [9.17, 15) is 0 Å². The Labute approximate surface area is 141 Å². The normalized spacial score (nSPS) is 20.1. The Morgan fingerprint density at radius 1 is 1.17 bits per heavy atom. The number of rotatable bonds is 7. The van der Waals surface area contributed by atoms with E-state index in [0.29, 0.717) is 13.1 Å². The highest BCUT2D eigenvalue weighted by Gasteiger charge is 2.57. The maximum Gasteiger partial charge on any atom is 0.389 e. The lowest BCUT2D eigenvalue weighted by atomic mass is 10.1. The first-order valence-electron chi connectivity index (χ1n) is 7.78. The van der Waals surface area contributed by atoms with E-state index in [1.165, 1.54) is 11.1 Å². The van der Waals surface area contributed by atoms with Crippen LogP contribution in [0.1, 0.15) is 16.7 Å². The average Bonchev–Trinajstić information content (AvgIpc) is 3.40. The zero-order valence-electron chi connectivity index (χ0n) is 13.6. The highest BCUT2D eigenvalue weighted by Crippen LogP contribution is 2.17. The third-order valence-electron chi connectivity index (χ3n) is 3.62. The van der Waals surface area contributed by atoms with Crippen molar-refractivity contribution in [1.29, 1.82) is 0 Å². The fourth-order valence-corrected chi connectivity index (χ4v) is 2.14. The van der Waals surface area contributed by atoms with Gasteiger partial charge in [0.05, 0.1) is 12.1 Å². The van der Waals surface area contributed by atoms with Crippen LogP contribution in [0.25, 0.3) is 0 Å². The molecule has 3 rings (SSSR count). The van der Waals surface area contributed by atoms with Crippen molar-refractivity contribution in [3.05, 3.63) is 71.3 Å². The third kappa shape index (κ3) is 4.38. The molecule has 0 radical (unpaired) electrons. The minimum Gasteiger partial charge on any atom is -0.331 e. The Balaban J connectivity index is 1.46. The molecule has 0 saturated carbocycles. The van der Waals surface area contributed by atoms with Crippen LogP contribution in [0.15, 0.2) is 59.6 Å². The minimum absolute atomic E-state index is 0.220. The third-order valence-corrected chi connectivity index (χ3v) is 3.62. The van der Waals surface area contributed by atoms with Gasteiger partial charge in [0.1, 0.15) is 0 Å². The van der Waals surface area contributed by atoms with Gasteiger partial charge in [-0.05, 0) is 18.1 Å². The highest BCUT2D eigenvalue weighted by atomic mass is 17.3. The smallest absolute Gasteiger partial charge is 0.331 e. The molecule has 4 N–H and O–H groups in total. The molecule has 0 spiro atoms. The van der Waals surface area contributed by atoms with Crippen molar-refractivity contribution in [3.8, 4) is 0 Å². The molecule has 7 nitrogen and oxygen atoms in total. The van der Waals surface area contributed by atoms with Crippen molar-refractivity contribution in [3.63, 3.8) is 0 Å². The standard InChI is InChI=1S/C17H22N5O2/c1-14-7-9-16(10-8-14)12-20-17(18)22(21-24-22)23-13-19-11-15-5-3-2-4-6-15/h2-10,19,21H,11-13H2,1H3,(H2,18,20)/q+1. The van der Waals surface area contributed by atoms with Crippen LogP contribution in [0.5, 0.6) is 0 Å². The lowest BCUT2D eigenvalue weighted by Gasteiger charge is -2.07. The number of guanidine groups is 1. The minimum atomic E-state index is -0.409. The molecule has 0 aliphatic carbocycles. The maximum atomic E-state index is 5.97. The quantitative estimate of drug-likeness (QED) is 0.179. The van der Waals surface area contributed by atoms with E-state index in [1.54, 1.807) is 0 Å². The van der Waals surface area contributed by atoms with Gasteiger partial charge in [0, 0.05) is 11.5 Å². The number of nitrogens with zero attached hydrogens (tertiary/aromatic N) is 2. The van der Waals surface area contributed by atoms with Crippen LogP contribution in [0.3, 0.4) is 0 Å². The summed E-state index contributed by atoms with van der Waals surface area (Å²) in [6, 6.07) is 18.2. The van der Waals surface area contributed by atoms with Crippen molar-refractivity contribution in [2.45, 2.75) is 20.0 Å². The van der Waals surface area contributed by atoms with Gasteiger partial charge in [0.15, 0.2) is 11.6 Å². The molecule has 0 aromatic heterocycles. The van der Waals surface area contributed by atoms with Gasteiger partial charge in [-0.15, -0.1) is 4.84 Å². The van der Waals surface area contributed by atoms with Crippen molar-refractivity contribution < 1.29 is 14.7 Å². The van der Waals surface area contributed by atoms with Gasteiger partial charge in [-0.1, -0.05) is 60.2 Å². The number of aryl methyl sites for hydroxylation is 1. The van der Waals surface area contributed by atoms with E-state index >= 15 is 0 Å². The maximum absolute atomic E-state index is 5.97. The summed E-state index contributed by atoms with van der Waals surface area (Å²) in [6.45, 7) is 3.48. The van der Waals surface area contributed by atoms with Crippen LogP contribution < -0.4 is 16.6 Å². The van der Waals surface area contributed by atoms with Gasteiger partial charge >= 0.3 is 5.96 Å². The SMILES string of the molecule is Cc1ccc(CN=C(N)[N+]2(OCNCc3ccccc3)NO2)cc1. The van der Waals surface area contributed by atoms with Gasteiger partial charge in [0.25, 0.3) is 0 Å². The molecular weight excluding hydrogens is 306 g/mol. The number of nitrogens with two attached hydrogens (primary N) is 1. The summed E-state index contributed by atoms with van der Waals surface area (Å²) in [5.74, 6) is 0.220. The molecule has 1 aliphatic rings. The Morgan fingerprint density at radius 3 is 2.54 bits per heavy atom. The fourth-order valence-electron chi connectivity index (χ4n) is 2.14. The summed E-state index contributed by atoms with van der Waals surface area (Å²) in [5.41, 5.74) is 12.0. The van der Waals surface area contributed by atoms with Gasteiger partial charge in [-0.3, -0.25) is 5.32 Å². The molecule has 126 valence electrons. The summed E-state index contributed by atoms with van der Waals surface area (Å²) in [4.78, 5) is 14.6. The summed E-state index contributed by atoms with van der Waals surface area (Å²) in [5, 5.41) is 3.16. The zero-order chi connectivity index (χ0) is 16.8. The molecule has 1 aliphatic heterocycles. The predicted octanol–water partition coefficient (Wildman–Crippen LogP) is 1.67. The van der Waals surface area contributed by atoms with Crippen molar-refractivity contribution in [1.82, 2.24) is 10.9 Å².